The van der Waals surface area contributed by atoms with Crippen molar-refractivity contribution in [2.24, 2.45) is 5.41 Å². The van der Waals surface area contributed by atoms with Gasteiger partial charge in [0.1, 0.15) is 0 Å². The van der Waals surface area contributed by atoms with E-state index in [1.165, 1.54) is 0 Å². The lowest BCUT2D eigenvalue weighted by molar-refractivity contribution is -0.141. The summed E-state index contributed by atoms with van der Waals surface area (Å²) in [4.78, 5) is 25.8. The first-order chi connectivity index (χ1) is 12.3. The van der Waals surface area contributed by atoms with E-state index in [2.05, 4.69) is 21.8 Å². The molecule has 0 atom stereocenters. The molecule has 2 heterocycles. The van der Waals surface area contributed by atoms with E-state index in [4.69, 9.17) is 11.6 Å². The monoisotopic (exact) mass is 372 g/mol. The Morgan fingerprint density at radius 1 is 1.27 bits per heavy atom. The van der Waals surface area contributed by atoms with Gasteiger partial charge in [0.25, 0.3) is 0 Å². The largest absolute Gasteiger partial charge is 0.348 e. The topological polar surface area (TPSA) is 49.3 Å². The van der Waals surface area contributed by atoms with Gasteiger partial charge in [-0.2, -0.15) is 0 Å². The minimum atomic E-state index is -0.446. The molecule has 1 amide bonds. The molecule has 0 spiro atoms. The summed E-state index contributed by atoms with van der Waals surface area (Å²) < 4.78 is 0. The van der Waals surface area contributed by atoms with E-state index in [1.54, 1.807) is 4.90 Å². The van der Waals surface area contributed by atoms with Gasteiger partial charge in [0.15, 0.2) is 0 Å². The third-order valence-electron chi connectivity index (χ3n) is 4.98. The summed E-state index contributed by atoms with van der Waals surface area (Å²) in [5.41, 5.74) is 2.83. The second kappa shape index (κ2) is 7.23. The van der Waals surface area contributed by atoms with E-state index in [0.29, 0.717) is 30.5 Å². The zero-order valence-corrected chi connectivity index (χ0v) is 16.5. The molecule has 3 rings (SSSR count). The van der Waals surface area contributed by atoms with Gasteiger partial charge in [-0.15, -0.1) is 0 Å². The lowest BCUT2D eigenvalue weighted by atomic mass is 9.73. The Balaban J connectivity index is 1.82. The average Bonchev–Trinajstić information content (AvgIpc) is 2.59. The standard InChI is InChI=1S/C20H25ClN4O/c1-5-17-14(2)11-22-19(23-17)25-12-20(13-25,18(26)24(3)4)10-15-6-8-16(21)9-7-15/h6-9,11H,5,10,12-13H2,1-4H3. The van der Waals surface area contributed by atoms with Gasteiger partial charge in [-0.3, -0.25) is 4.79 Å². The van der Waals surface area contributed by atoms with Crippen LogP contribution in [0.1, 0.15) is 23.7 Å². The summed E-state index contributed by atoms with van der Waals surface area (Å²) in [6, 6.07) is 7.73. The van der Waals surface area contributed by atoms with Crippen LogP contribution in [0.25, 0.3) is 0 Å². The Labute approximate surface area is 160 Å². The van der Waals surface area contributed by atoms with Crippen LogP contribution in [0.4, 0.5) is 5.95 Å². The molecule has 1 fully saturated rings. The molecule has 0 N–H and O–H groups in total. The minimum absolute atomic E-state index is 0.145. The molecule has 138 valence electrons. The zero-order valence-electron chi connectivity index (χ0n) is 15.8. The van der Waals surface area contributed by atoms with Crippen molar-refractivity contribution >= 4 is 23.5 Å². The highest BCUT2D eigenvalue weighted by molar-refractivity contribution is 6.30. The second-order valence-electron chi connectivity index (χ2n) is 7.29. The zero-order chi connectivity index (χ0) is 18.9. The van der Waals surface area contributed by atoms with Crippen LogP contribution in [0, 0.1) is 12.3 Å². The Kier molecular flexibility index (Phi) is 5.19. The predicted octanol–water partition coefficient (Wildman–Crippen LogP) is 3.14. The molecule has 6 heteroatoms. The number of carbonyl (C=O) groups is 1. The summed E-state index contributed by atoms with van der Waals surface area (Å²) >= 11 is 5.99. The number of rotatable bonds is 5. The van der Waals surface area contributed by atoms with Crippen molar-refractivity contribution in [1.29, 1.82) is 0 Å². The van der Waals surface area contributed by atoms with Crippen LogP contribution in [0.3, 0.4) is 0 Å². The highest BCUT2D eigenvalue weighted by Gasteiger charge is 2.50. The molecule has 1 aliphatic heterocycles. The number of carbonyl (C=O) groups excluding carboxylic acids is 1. The number of aromatic nitrogens is 2. The fraction of sp³-hybridized carbons (Fsp3) is 0.450. The quantitative estimate of drug-likeness (QED) is 0.809. The Bertz CT molecular complexity index is 798. The van der Waals surface area contributed by atoms with Gasteiger partial charge in [-0.1, -0.05) is 30.7 Å². The molecule has 26 heavy (non-hydrogen) atoms. The molecule has 0 unspecified atom stereocenters. The number of hydrogen-bond donors (Lipinski definition) is 0. The molecule has 1 saturated heterocycles. The maximum absolute atomic E-state index is 12.9. The molecule has 2 aromatic rings. The lowest BCUT2D eigenvalue weighted by Gasteiger charge is -2.50. The Morgan fingerprint density at radius 2 is 1.92 bits per heavy atom. The maximum Gasteiger partial charge on any atom is 0.232 e. The number of anilines is 1. The summed E-state index contributed by atoms with van der Waals surface area (Å²) in [5, 5.41) is 0.706. The van der Waals surface area contributed by atoms with Gasteiger partial charge >= 0.3 is 0 Å². The molecule has 0 radical (unpaired) electrons. The van der Waals surface area contributed by atoms with E-state index < -0.39 is 5.41 Å². The van der Waals surface area contributed by atoms with Crippen LogP contribution in [-0.4, -0.2) is 48.0 Å². The fourth-order valence-electron chi connectivity index (χ4n) is 3.59. The van der Waals surface area contributed by atoms with Crippen molar-refractivity contribution in [3.63, 3.8) is 0 Å². The van der Waals surface area contributed by atoms with Gasteiger partial charge in [-0.25, -0.2) is 9.97 Å². The summed E-state index contributed by atoms with van der Waals surface area (Å²) in [6.45, 7) is 5.37. The molecule has 0 aliphatic carbocycles. The van der Waals surface area contributed by atoms with E-state index in [0.717, 1.165) is 23.2 Å². The van der Waals surface area contributed by atoms with Gasteiger partial charge in [0.2, 0.25) is 11.9 Å². The molecule has 0 saturated carbocycles. The number of benzene rings is 1. The molecular formula is C20H25ClN4O. The SMILES string of the molecule is CCc1nc(N2CC(Cc3ccc(Cl)cc3)(C(=O)N(C)C)C2)ncc1C. The minimum Gasteiger partial charge on any atom is -0.348 e. The summed E-state index contributed by atoms with van der Waals surface area (Å²) in [5.74, 6) is 0.859. The van der Waals surface area contributed by atoms with Crippen molar-refractivity contribution in [3.8, 4) is 0 Å². The summed E-state index contributed by atoms with van der Waals surface area (Å²) in [7, 11) is 3.62. The smallest absolute Gasteiger partial charge is 0.232 e. The van der Waals surface area contributed by atoms with Crippen molar-refractivity contribution in [2.75, 3.05) is 32.1 Å². The first kappa shape index (κ1) is 18.6. The van der Waals surface area contributed by atoms with Crippen LogP contribution < -0.4 is 4.90 Å². The van der Waals surface area contributed by atoms with Crippen LogP contribution >= 0.6 is 11.6 Å². The van der Waals surface area contributed by atoms with Crippen LogP contribution in [0.2, 0.25) is 5.02 Å². The van der Waals surface area contributed by atoms with Crippen LogP contribution in [0.15, 0.2) is 30.5 Å². The number of amides is 1. The first-order valence-electron chi connectivity index (χ1n) is 8.88. The predicted molar refractivity (Wildman–Crippen MR) is 105 cm³/mol. The van der Waals surface area contributed by atoms with Gasteiger partial charge in [0.05, 0.1) is 5.41 Å². The van der Waals surface area contributed by atoms with E-state index >= 15 is 0 Å². The first-order valence-corrected chi connectivity index (χ1v) is 9.26. The molecule has 5 nitrogen and oxygen atoms in total. The van der Waals surface area contributed by atoms with Gasteiger partial charge in [0, 0.05) is 44.1 Å². The molecule has 1 aliphatic rings. The number of aryl methyl sites for hydroxylation is 2. The normalized spacial score (nSPS) is 15.5. The Hall–Kier alpha value is -2.14. The lowest BCUT2D eigenvalue weighted by Crippen LogP contribution is -2.64. The maximum atomic E-state index is 12.9. The highest BCUT2D eigenvalue weighted by Crippen LogP contribution is 2.38. The number of halogens is 1. The van der Waals surface area contributed by atoms with Crippen molar-refractivity contribution in [3.05, 3.63) is 52.3 Å². The van der Waals surface area contributed by atoms with E-state index in [-0.39, 0.29) is 5.91 Å². The molecule has 1 aromatic carbocycles. The third kappa shape index (κ3) is 3.54. The van der Waals surface area contributed by atoms with Crippen molar-refractivity contribution in [2.45, 2.75) is 26.7 Å². The number of hydrogen-bond acceptors (Lipinski definition) is 4. The van der Waals surface area contributed by atoms with Gasteiger partial charge in [-0.05, 0) is 43.0 Å². The second-order valence-corrected chi connectivity index (χ2v) is 7.73. The van der Waals surface area contributed by atoms with Crippen LogP contribution in [-0.2, 0) is 17.6 Å². The Morgan fingerprint density at radius 3 is 2.50 bits per heavy atom. The molecule has 0 bridgehead atoms. The van der Waals surface area contributed by atoms with E-state index in [9.17, 15) is 4.79 Å². The van der Waals surface area contributed by atoms with Crippen molar-refractivity contribution < 1.29 is 4.79 Å². The van der Waals surface area contributed by atoms with E-state index in [1.807, 2.05) is 51.5 Å². The average molecular weight is 373 g/mol. The third-order valence-corrected chi connectivity index (χ3v) is 5.24. The fourth-order valence-corrected chi connectivity index (χ4v) is 3.72. The van der Waals surface area contributed by atoms with Crippen molar-refractivity contribution in [1.82, 2.24) is 14.9 Å². The molecular weight excluding hydrogens is 348 g/mol. The number of nitrogens with zero attached hydrogens (tertiary/aromatic N) is 4. The molecule has 1 aromatic heterocycles. The van der Waals surface area contributed by atoms with Gasteiger partial charge < -0.3 is 9.80 Å². The summed E-state index contributed by atoms with van der Waals surface area (Å²) in [6.07, 6.45) is 3.43. The highest BCUT2D eigenvalue weighted by atomic mass is 35.5. The van der Waals surface area contributed by atoms with Crippen LogP contribution in [0.5, 0.6) is 0 Å².